The second-order valence-corrected chi connectivity index (χ2v) is 7.34. The van der Waals surface area contributed by atoms with Crippen molar-refractivity contribution in [3.05, 3.63) is 33.5 Å². The Balaban J connectivity index is 1.66. The van der Waals surface area contributed by atoms with Gasteiger partial charge in [0.05, 0.1) is 10.7 Å². The molecule has 1 amide bonds. The zero-order chi connectivity index (χ0) is 15.7. The number of aryl methyl sites for hydroxylation is 3. The highest BCUT2D eigenvalue weighted by Crippen LogP contribution is 2.29. The van der Waals surface area contributed by atoms with E-state index in [9.17, 15) is 4.79 Å². The number of aromatic nitrogens is 3. The third kappa shape index (κ3) is 3.21. The first-order valence-corrected chi connectivity index (χ1v) is 8.55. The largest absolute Gasteiger partial charge is 0.340 e. The zero-order valence-electron chi connectivity index (χ0n) is 13.4. The Morgan fingerprint density at radius 1 is 1.41 bits per heavy atom. The molecule has 1 aliphatic rings. The van der Waals surface area contributed by atoms with Crippen molar-refractivity contribution in [2.75, 3.05) is 13.1 Å². The molecule has 3 rings (SSSR count). The average molecular weight is 318 g/mol. The van der Waals surface area contributed by atoms with E-state index in [-0.39, 0.29) is 5.91 Å². The average Bonchev–Trinajstić information content (AvgIpc) is 3.05. The molecule has 2 aromatic heterocycles. The minimum absolute atomic E-state index is 0.157. The maximum Gasteiger partial charge on any atom is 0.244 e. The summed E-state index contributed by atoms with van der Waals surface area (Å²) in [4.78, 5) is 20.3. The molecular weight excluding hydrogens is 296 g/mol. The van der Waals surface area contributed by atoms with E-state index in [1.165, 1.54) is 9.88 Å². The highest BCUT2D eigenvalue weighted by molar-refractivity contribution is 7.11. The van der Waals surface area contributed by atoms with Gasteiger partial charge in [0.1, 0.15) is 6.54 Å². The molecule has 0 bridgehead atoms. The fourth-order valence-electron chi connectivity index (χ4n) is 3.03. The molecular formula is C16H22N4OS. The predicted octanol–water partition coefficient (Wildman–Crippen LogP) is 2.67. The molecule has 5 nitrogen and oxygen atoms in total. The quantitative estimate of drug-likeness (QED) is 0.874. The normalized spacial score (nSPS) is 18.7. The van der Waals surface area contributed by atoms with Gasteiger partial charge in [0.2, 0.25) is 5.91 Å². The van der Waals surface area contributed by atoms with E-state index in [1.807, 2.05) is 31.0 Å². The molecule has 118 valence electrons. The summed E-state index contributed by atoms with van der Waals surface area (Å²) in [7, 11) is 0. The first-order valence-electron chi connectivity index (χ1n) is 7.74. The molecule has 0 N–H and O–H groups in total. The fraction of sp³-hybridized carbons (Fsp3) is 0.562. The number of nitrogens with zero attached hydrogens (tertiary/aromatic N) is 4. The monoisotopic (exact) mass is 318 g/mol. The molecule has 1 saturated heterocycles. The molecule has 0 aromatic carbocycles. The van der Waals surface area contributed by atoms with Crippen LogP contribution in [0.15, 0.2) is 12.3 Å². The van der Waals surface area contributed by atoms with Crippen LogP contribution in [0, 0.1) is 20.8 Å². The third-order valence-electron chi connectivity index (χ3n) is 4.15. The van der Waals surface area contributed by atoms with E-state index in [0.717, 1.165) is 37.3 Å². The first kappa shape index (κ1) is 15.2. The van der Waals surface area contributed by atoms with Gasteiger partial charge < -0.3 is 4.90 Å². The van der Waals surface area contributed by atoms with Crippen molar-refractivity contribution >= 4 is 17.2 Å². The summed E-state index contributed by atoms with van der Waals surface area (Å²) in [6.45, 7) is 7.99. The first-order chi connectivity index (χ1) is 10.5. The molecule has 1 aliphatic heterocycles. The van der Waals surface area contributed by atoms with Gasteiger partial charge in [-0.1, -0.05) is 0 Å². The highest BCUT2D eigenvalue weighted by atomic mass is 32.1. The van der Waals surface area contributed by atoms with Gasteiger partial charge in [-0.25, -0.2) is 4.98 Å². The number of likely N-dealkylation sites (tertiary alicyclic amines) is 1. The lowest BCUT2D eigenvalue weighted by Gasteiger charge is -2.32. The minimum Gasteiger partial charge on any atom is -0.340 e. The Hall–Kier alpha value is -1.69. The Bertz CT molecular complexity index is 675. The number of thiazole rings is 1. The van der Waals surface area contributed by atoms with Crippen molar-refractivity contribution in [1.82, 2.24) is 19.7 Å². The van der Waals surface area contributed by atoms with Crippen LogP contribution in [-0.4, -0.2) is 38.7 Å². The summed E-state index contributed by atoms with van der Waals surface area (Å²) in [5, 5.41) is 5.55. The van der Waals surface area contributed by atoms with Crippen LogP contribution in [0.5, 0.6) is 0 Å². The van der Waals surface area contributed by atoms with Gasteiger partial charge in [-0.15, -0.1) is 11.3 Å². The van der Waals surface area contributed by atoms with Crippen LogP contribution in [0.1, 0.15) is 40.0 Å². The second kappa shape index (κ2) is 6.20. The van der Waals surface area contributed by atoms with Gasteiger partial charge in [-0.2, -0.15) is 5.10 Å². The third-order valence-corrected chi connectivity index (χ3v) is 5.23. The Kier molecular flexibility index (Phi) is 4.29. The van der Waals surface area contributed by atoms with E-state index in [1.54, 1.807) is 16.0 Å². The van der Waals surface area contributed by atoms with Gasteiger partial charge in [0.15, 0.2) is 0 Å². The van der Waals surface area contributed by atoms with Crippen molar-refractivity contribution in [1.29, 1.82) is 0 Å². The van der Waals surface area contributed by atoms with Crippen LogP contribution in [0.3, 0.4) is 0 Å². The van der Waals surface area contributed by atoms with Crippen LogP contribution in [-0.2, 0) is 11.3 Å². The lowest BCUT2D eigenvalue weighted by Crippen LogP contribution is -2.41. The summed E-state index contributed by atoms with van der Waals surface area (Å²) in [6, 6.07) is 2.00. The van der Waals surface area contributed by atoms with Gasteiger partial charge in [0.25, 0.3) is 0 Å². The van der Waals surface area contributed by atoms with Crippen molar-refractivity contribution < 1.29 is 4.79 Å². The van der Waals surface area contributed by atoms with E-state index in [0.29, 0.717) is 12.5 Å². The molecule has 2 aromatic rings. The van der Waals surface area contributed by atoms with Crippen molar-refractivity contribution in [3.8, 4) is 0 Å². The van der Waals surface area contributed by atoms with Crippen LogP contribution >= 0.6 is 11.3 Å². The molecule has 3 heterocycles. The van der Waals surface area contributed by atoms with Crippen molar-refractivity contribution in [2.24, 2.45) is 0 Å². The van der Waals surface area contributed by atoms with E-state index in [4.69, 9.17) is 0 Å². The summed E-state index contributed by atoms with van der Waals surface area (Å²) >= 11 is 1.75. The lowest BCUT2D eigenvalue weighted by atomic mass is 9.99. The number of amides is 1. The van der Waals surface area contributed by atoms with E-state index < -0.39 is 0 Å². The number of rotatable bonds is 3. The van der Waals surface area contributed by atoms with E-state index in [2.05, 4.69) is 17.0 Å². The number of piperidine rings is 1. The Labute approximate surface area is 135 Å². The SMILES string of the molecule is Cc1cc(C)n(CC(=O)N2CCC[C@H](c3ncc(C)s3)C2)n1. The summed E-state index contributed by atoms with van der Waals surface area (Å²) < 4.78 is 1.80. The Morgan fingerprint density at radius 2 is 2.23 bits per heavy atom. The summed E-state index contributed by atoms with van der Waals surface area (Å²) in [5.41, 5.74) is 2.00. The molecule has 0 unspecified atom stereocenters. The molecule has 0 spiro atoms. The van der Waals surface area contributed by atoms with Crippen LogP contribution in [0.4, 0.5) is 0 Å². The van der Waals surface area contributed by atoms with E-state index >= 15 is 0 Å². The topological polar surface area (TPSA) is 51.0 Å². The molecule has 22 heavy (non-hydrogen) atoms. The number of carbonyl (C=O) groups excluding carboxylic acids is 1. The summed E-state index contributed by atoms with van der Waals surface area (Å²) in [5.74, 6) is 0.543. The van der Waals surface area contributed by atoms with Crippen molar-refractivity contribution in [3.63, 3.8) is 0 Å². The lowest BCUT2D eigenvalue weighted by molar-refractivity contribution is -0.133. The molecule has 1 atom stereocenters. The van der Waals surface area contributed by atoms with Gasteiger partial charge in [-0.05, 0) is 39.7 Å². The van der Waals surface area contributed by atoms with Crippen LogP contribution in [0.2, 0.25) is 0 Å². The minimum atomic E-state index is 0.157. The highest BCUT2D eigenvalue weighted by Gasteiger charge is 2.26. The maximum atomic E-state index is 12.6. The zero-order valence-corrected chi connectivity index (χ0v) is 14.2. The molecule has 0 saturated carbocycles. The van der Waals surface area contributed by atoms with Gasteiger partial charge in [0, 0.05) is 35.8 Å². The maximum absolute atomic E-state index is 12.6. The van der Waals surface area contributed by atoms with Crippen LogP contribution in [0.25, 0.3) is 0 Å². The van der Waals surface area contributed by atoms with Gasteiger partial charge >= 0.3 is 0 Å². The molecule has 0 aliphatic carbocycles. The standard InChI is InChI=1S/C16H22N4OS/c1-11-7-12(2)20(18-11)10-15(21)19-6-4-5-14(9-19)16-17-8-13(3)22-16/h7-8,14H,4-6,9-10H2,1-3H3/t14-/m0/s1. The molecule has 0 radical (unpaired) electrons. The number of hydrogen-bond acceptors (Lipinski definition) is 4. The number of hydrogen-bond donors (Lipinski definition) is 0. The fourth-order valence-corrected chi connectivity index (χ4v) is 3.93. The smallest absolute Gasteiger partial charge is 0.244 e. The molecule has 6 heteroatoms. The van der Waals surface area contributed by atoms with Gasteiger partial charge in [-0.3, -0.25) is 9.48 Å². The molecule has 1 fully saturated rings. The second-order valence-electron chi connectivity index (χ2n) is 6.07. The van der Waals surface area contributed by atoms with Crippen molar-refractivity contribution in [2.45, 2.75) is 46.1 Å². The number of carbonyl (C=O) groups is 1. The predicted molar refractivity (Wildman–Crippen MR) is 87.1 cm³/mol. The summed E-state index contributed by atoms with van der Waals surface area (Å²) in [6.07, 6.45) is 4.10. The van der Waals surface area contributed by atoms with Crippen LogP contribution < -0.4 is 0 Å². The Morgan fingerprint density at radius 3 is 2.86 bits per heavy atom.